The minimum Gasteiger partial charge on any atom is -0.455 e. The summed E-state index contributed by atoms with van der Waals surface area (Å²) in [5.74, 6) is 0. The molecule has 274 valence electrons. The molecule has 58 heavy (non-hydrogen) atoms. The van der Waals surface area contributed by atoms with Gasteiger partial charge >= 0.3 is 0 Å². The van der Waals surface area contributed by atoms with Gasteiger partial charge in [0.15, 0.2) is 0 Å². The Balaban J connectivity index is 1.10. The molecule has 0 N–H and O–H groups in total. The maximum Gasteiger partial charge on any atom is 0.145 e. The van der Waals surface area contributed by atoms with Crippen LogP contribution in [0.3, 0.4) is 0 Å². The van der Waals surface area contributed by atoms with Gasteiger partial charge in [0.1, 0.15) is 11.2 Å². The number of furan rings is 1. The first kappa shape index (κ1) is 33.5. The Labute approximate surface area is 336 Å². The van der Waals surface area contributed by atoms with Crippen LogP contribution in [0.4, 0.5) is 34.1 Å². The highest BCUT2D eigenvalue weighted by Gasteiger charge is 2.22. The summed E-state index contributed by atoms with van der Waals surface area (Å²) < 4.78 is 9.14. The number of aromatic nitrogens is 1. The molecule has 0 atom stereocenters. The third-order valence-electron chi connectivity index (χ3n) is 11.2. The van der Waals surface area contributed by atoms with Crippen LogP contribution in [0.5, 0.6) is 0 Å². The van der Waals surface area contributed by atoms with E-state index in [1.54, 1.807) is 0 Å². The minimum absolute atomic E-state index is 0.887. The summed E-state index contributed by atoms with van der Waals surface area (Å²) in [5, 5.41) is 4.45. The molecule has 0 aliphatic heterocycles. The van der Waals surface area contributed by atoms with E-state index < -0.39 is 0 Å². The molecule has 0 saturated heterocycles. The standard InChI is InChI=1S/C54H37N3O/c1-5-15-38(16-6-1)39-25-27-43(28-26-39)56(42-21-11-4-12-22-42)46-33-35-50-49(37-46)53-51(36-34-48-47-23-13-14-24-52(47)58-54(48)53)57(50)45-31-29-44(30-32-45)55(40-17-7-2-8-18-40)41-19-9-3-10-20-41/h1-37H. The third-order valence-corrected chi connectivity index (χ3v) is 11.2. The molecule has 11 aromatic rings. The molecule has 0 aliphatic carbocycles. The summed E-state index contributed by atoms with van der Waals surface area (Å²) in [6.45, 7) is 0. The number of rotatable bonds is 8. The molecule has 0 fully saturated rings. The fourth-order valence-electron chi connectivity index (χ4n) is 8.50. The maximum absolute atomic E-state index is 6.76. The van der Waals surface area contributed by atoms with Crippen molar-refractivity contribution in [3.05, 3.63) is 224 Å². The molecule has 0 aliphatic rings. The highest BCUT2D eigenvalue weighted by atomic mass is 16.3. The van der Waals surface area contributed by atoms with Crippen LogP contribution in [-0.4, -0.2) is 4.57 Å². The Bertz CT molecular complexity index is 3150. The average molecular weight is 744 g/mol. The lowest BCUT2D eigenvalue weighted by Crippen LogP contribution is -2.10. The lowest BCUT2D eigenvalue weighted by Gasteiger charge is -2.26. The topological polar surface area (TPSA) is 24.6 Å². The fourth-order valence-corrected chi connectivity index (χ4v) is 8.50. The van der Waals surface area contributed by atoms with Gasteiger partial charge in [0.05, 0.1) is 16.4 Å². The van der Waals surface area contributed by atoms with Gasteiger partial charge < -0.3 is 18.8 Å². The summed E-state index contributed by atoms with van der Waals surface area (Å²) in [4.78, 5) is 4.64. The van der Waals surface area contributed by atoms with E-state index in [1.165, 1.54) is 11.1 Å². The van der Waals surface area contributed by atoms with Gasteiger partial charge in [0.25, 0.3) is 0 Å². The first-order valence-electron chi connectivity index (χ1n) is 19.7. The van der Waals surface area contributed by atoms with Crippen LogP contribution >= 0.6 is 0 Å². The molecule has 0 spiro atoms. The lowest BCUT2D eigenvalue weighted by molar-refractivity contribution is 0.673. The van der Waals surface area contributed by atoms with Gasteiger partial charge in [-0.2, -0.15) is 0 Å². The van der Waals surface area contributed by atoms with Crippen LogP contribution in [0.15, 0.2) is 229 Å². The van der Waals surface area contributed by atoms with Crippen molar-refractivity contribution in [2.24, 2.45) is 0 Å². The van der Waals surface area contributed by atoms with E-state index in [1.807, 2.05) is 6.07 Å². The molecule has 2 aromatic heterocycles. The zero-order chi connectivity index (χ0) is 38.4. The second-order valence-corrected chi connectivity index (χ2v) is 14.6. The molecular formula is C54H37N3O. The molecule has 0 unspecified atom stereocenters. The smallest absolute Gasteiger partial charge is 0.145 e. The molecule has 0 radical (unpaired) electrons. The summed E-state index contributed by atoms with van der Waals surface area (Å²) in [6.07, 6.45) is 0. The summed E-state index contributed by atoms with van der Waals surface area (Å²) in [7, 11) is 0. The Morgan fingerprint density at radius 2 is 0.793 bits per heavy atom. The van der Waals surface area contributed by atoms with Gasteiger partial charge in [-0.25, -0.2) is 0 Å². The maximum atomic E-state index is 6.76. The van der Waals surface area contributed by atoms with Crippen molar-refractivity contribution in [2.45, 2.75) is 0 Å². The predicted molar refractivity (Wildman–Crippen MR) is 243 cm³/mol. The van der Waals surface area contributed by atoms with E-state index >= 15 is 0 Å². The number of benzene rings is 9. The molecule has 2 heterocycles. The highest BCUT2D eigenvalue weighted by molar-refractivity contribution is 6.24. The molecule has 11 rings (SSSR count). The third kappa shape index (κ3) is 5.70. The lowest BCUT2D eigenvalue weighted by atomic mass is 10.0. The number of anilines is 6. The van der Waals surface area contributed by atoms with Gasteiger partial charge in [-0.05, 0) is 120 Å². The van der Waals surface area contributed by atoms with Crippen molar-refractivity contribution in [3.8, 4) is 16.8 Å². The number of hydrogen-bond acceptors (Lipinski definition) is 3. The number of para-hydroxylation sites is 4. The highest BCUT2D eigenvalue weighted by Crippen LogP contribution is 2.44. The van der Waals surface area contributed by atoms with Crippen LogP contribution in [-0.2, 0) is 0 Å². The van der Waals surface area contributed by atoms with Gasteiger partial charge in [0, 0.05) is 56.0 Å². The Hall–Kier alpha value is -7.82. The van der Waals surface area contributed by atoms with Crippen molar-refractivity contribution in [2.75, 3.05) is 9.80 Å². The van der Waals surface area contributed by atoms with Gasteiger partial charge in [0.2, 0.25) is 0 Å². The van der Waals surface area contributed by atoms with E-state index in [-0.39, 0.29) is 0 Å². The molecule has 0 bridgehead atoms. The number of hydrogen-bond donors (Lipinski definition) is 0. The summed E-state index contributed by atoms with van der Waals surface area (Å²) in [6, 6.07) is 79.6. The minimum atomic E-state index is 0.887. The summed E-state index contributed by atoms with van der Waals surface area (Å²) >= 11 is 0. The van der Waals surface area contributed by atoms with Crippen molar-refractivity contribution in [1.29, 1.82) is 0 Å². The van der Waals surface area contributed by atoms with E-state index in [9.17, 15) is 0 Å². The van der Waals surface area contributed by atoms with Crippen LogP contribution in [0.2, 0.25) is 0 Å². The van der Waals surface area contributed by atoms with Gasteiger partial charge in [-0.3, -0.25) is 0 Å². The first-order chi connectivity index (χ1) is 28.8. The van der Waals surface area contributed by atoms with E-state index in [0.29, 0.717) is 0 Å². The quantitative estimate of drug-likeness (QED) is 0.155. The Kier molecular flexibility index (Phi) is 8.11. The van der Waals surface area contributed by atoms with Crippen molar-refractivity contribution in [3.63, 3.8) is 0 Å². The van der Waals surface area contributed by atoms with Crippen molar-refractivity contribution < 1.29 is 4.42 Å². The fraction of sp³-hybridized carbons (Fsp3) is 0. The van der Waals surface area contributed by atoms with E-state index in [4.69, 9.17) is 4.42 Å². The van der Waals surface area contributed by atoms with Crippen molar-refractivity contribution in [1.82, 2.24) is 4.57 Å². The predicted octanol–water partition coefficient (Wildman–Crippen LogP) is 15.3. The van der Waals surface area contributed by atoms with Gasteiger partial charge in [-0.15, -0.1) is 0 Å². The van der Waals surface area contributed by atoms with Crippen LogP contribution in [0, 0.1) is 0 Å². The van der Waals surface area contributed by atoms with Crippen LogP contribution in [0.25, 0.3) is 60.6 Å². The summed E-state index contributed by atoms with van der Waals surface area (Å²) in [5.41, 5.74) is 14.0. The molecular weight excluding hydrogens is 707 g/mol. The molecule has 4 heteroatoms. The van der Waals surface area contributed by atoms with Crippen LogP contribution in [0.1, 0.15) is 0 Å². The van der Waals surface area contributed by atoms with E-state index in [0.717, 1.165) is 83.6 Å². The molecule has 0 amide bonds. The molecule has 4 nitrogen and oxygen atoms in total. The van der Waals surface area contributed by atoms with Crippen molar-refractivity contribution >= 4 is 77.9 Å². The monoisotopic (exact) mass is 743 g/mol. The molecule has 9 aromatic carbocycles. The SMILES string of the molecule is c1ccc(-c2ccc(N(c3ccccc3)c3ccc4c(c3)c3c5oc6ccccc6c5ccc3n4-c3ccc(N(c4ccccc4)c4ccccc4)cc3)cc2)cc1. The normalized spacial score (nSPS) is 11.4. The van der Waals surface area contributed by atoms with E-state index in [2.05, 4.69) is 233 Å². The van der Waals surface area contributed by atoms with Gasteiger partial charge in [-0.1, -0.05) is 115 Å². The largest absolute Gasteiger partial charge is 0.455 e. The number of fused-ring (bicyclic) bond motifs is 7. The zero-order valence-electron chi connectivity index (χ0n) is 31.6. The van der Waals surface area contributed by atoms with Crippen LogP contribution < -0.4 is 9.80 Å². The second kappa shape index (κ2) is 14.0. The first-order valence-corrected chi connectivity index (χ1v) is 19.7. The Morgan fingerprint density at radius 1 is 0.328 bits per heavy atom. The number of nitrogens with zero attached hydrogens (tertiary/aromatic N) is 3. The average Bonchev–Trinajstić information content (AvgIpc) is 3.84. The second-order valence-electron chi connectivity index (χ2n) is 14.6. The molecule has 0 saturated carbocycles. The zero-order valence-corrected chi connectivity index (χ0v) is 31.6. The Morgan fingerprint density at radius 3 is 1.41 bits per heavy atom.